The number of nitrogens with zero attached hydrogens (tertiary/aromatic N) is 1. The highest BCUT2D eigenvalue weighted by Crippen LogP contribution is 2.23. The smallest absolute Gasteiger partial charge is 0.0936 e. The number of aryl methyl sites for hydroxylation is 1. The third-order valence-electron chi connectivity index (χ3n) is 3.78. The molecule has 3 heteroatoms. The first-order chi connectivity index (χ1) is 9.33. The van der Waals surface area contributed by atoms with Crippen LogP contribution in [0, 0.1) is 12.8 Å². The van der Waals surface area contributed by atoms with Crippen molar-refractivity contribution in [3.8, 4) is 0 Å². The van der Waals surface area contributed by atoms with Gasteiger partial charge in [0.1, 0.15) is 0 Å². The zero-order valence-corrected chi connectivity index (χ0v) is 11.4. The predicted octanol–water partition coefficient (Wildman–Crippen LogP) is 3.38. The Balaban J connectivity index is 1.78. The standard InChI is InChI=1S/C16H20N2O/c1-12-5-6-14-3-2-4-15(16(14)18-12)17-11-13-7-9-19-10-8-13/h2-6,13,17H,7-11H2,1H3. The summed E-state index contributed by atoms with van der Waals surface area (Å²) in [6.07, 6.45) is 2.31. The van der Waals surface area contributed by atoms with E-state index in [4.69, 9.17) is 4.74 Å². The van der Waals surface area contributed by atoms with Crippen LogP contribution in [0.1, 0.15) is 18.5 Å². The summed E-state index contributed by atoms with van der Waals surface area (Å²) < 4.78 is 5.40. The highest BCUT2D eigenvalue weighted by Gasteiger charge is 2.13. The monoisotopic (exact) mass is 256 g/mol. The van der Waals surface area contributed by atoms with Gasteiger partial charge in [0, 0.05) is 30.8 Å². The normalized spacial score (nSPS) is 16.7. The Morgan fingerprint density at radius 3 is 2.89 bits per heavy atom. The van der Waals surface area contributed by atoms with Gasteiger partial charge in [0.05, 0.1) is 11.2 Å². The first-order valence-corrected chi connectivity index (χ1v) is 7.01. The molecule has 1 N–H and O–H groups in total. The molecule has 3 nitrogen and oxygen atoms in total. The minimum Gasteiger partial charge on any atom is -0.383 e. The minimum absolute atomic E-state index is 0.716. The number of rotatable bonds is 3. The topological polar surface area (TPSA) is 34.1 Å². The quantitative estimate of drug-likeness (QED) is 0.914. The molecule has 1 fully saturated rings. The van der Waals surface area contributed by atoms with Crippen LogP contribution in [-0.2, 0) is 4.74 Å². The summed E-state index contributed by atoms with van der Waals surface area (Å²) in [5.74, 6) is 0.716. The van der Waals surface area contributed by atoms with E-state index < -0.39 is 0 Å². The van der Waals surface area contributed by atoms with Crippen LogP contribution in [0.2, 0.25) is 0 Å². The molecule has 0 spiro atoms. The summed E-state index contributed by atoms with van der Waals surface area (Å²) in [6, 6.07) is 10.5. The van der Waals surface area contributed by atoms with Crippen LogP contribution in [0.3, 0.4) is 0 Å². The van der Waals surface area contributed by atoms with Gasteiger partial charge in [-0.05, 0) is 37.8 Å². The fourth-order valence-corrected chi connectivity index (χ4v) is 2.59. The highest BCUT2D eigenvalue weighted by atomic mass is 16.5. The molecule has 1 saturated heterocycles. The van der Waals surface area contributed by atoms with Crippen molar-refractivity contribution in [2.75, 3.05) is 25.1 Å². The Hall–Kier alpha value is -1.61. The van der Waals surface area contributed by atoms with Gasteiger partial charge < -0.3 is 10.1 Å². The van der Waals surface area contributed by atoms with Crippen LogP contribution < -0.4 is 5.32 Å². The largest absolute Gasteiger partial charge is 0.383 e. The SMILES string of the molecule is Cc1ccc2cccc(NCC3CCOCC3)c2n1. The van der Waals surface area contributed by atoms with Crippen molar-refractivity contribution in [1.82, 2.24) is 4.98 Å². The van der Waals surface area contributed by atoms with Crippen molar-refractivity contribution in [2.24, 2.45) is 5.92 Å². The van der Waals surface area contributed by atoms with Gasteiger partial charge in [-0.1, -0.05) is 18.2 Å². The van der Waals surface area contributed by atoms with Gasteiger partial charge in [0.25, 0.3) is 0 Å². The van der Waals surface area contributed by atoms with Crippen molar-refractivity contribution in [1.29, 1.82) is 0 Å². The first kappa shape index (κ1) is 12.4. The molecule has 0 unspecified atom stereocenters. The lowest BCUT2D eigenvalue weighted by molar-refractivity contribution is 0.0699. The molecule has 1 aromatic heterocycles. The van der Waals surface area contributed by atoms with Crippen LogP contribution in [0.4, 0.5) is 5.69 Å². The number of fused-ring (bicyclic) bond motifs is 1. The van der Waals surface area contributed by atoms with Gasteiger partial charge in [-0.15, -0.1) is 0 Å². The maximum Gasteiger partial charge on any atom is 0.0936 e. The Labute approximate surface area is 114 Å². The Morgan fingerprint density at radius 2 is 2.05 bits per heavy atom. The number of anilines is 1. The number of pyridine rings is 1. The molecule has 1 aliphatic rings. The average Bonchev–Trinajstić information content (AvgIpc) is 2.46. The van der Waals surface area contributed by atoms with Gasteiger partial charge in [-0.25, -0.2) is 0 Å². The predicted molar refractivity (Wildman–Crippen MR) is 78.5 cm³/mol. The van der Waals surface area contributed by atoms with E-state index >= 15 is 0 Å². The summed E-state index contributed by atoms with van der Waals surface area (Å²) in [6.45, 7) is 4.85. The van der Waals surface area contributed by atoms with Crippen LogP contribution in [0.25, 0.3) is 10.9 Å². The summed E-state index contributed by atoms with van der Waals surface area (Å²) in [4.78, 5) is 4.65. The lowest BCUT2D eigenvalue weighted by atomic mass is 10.0. The number of hydrogen-bond acceptors (Lipinski definition) is 3. The fraction of sp³-hybridized carbons (Fsp3) is 0.438. The van der Waals surface area contributed by atoms with E-state index in [1.807, 2.05) is 6.92 Å². The molecule has 0 bridgehead atoms. The van der Waals surface area contributed by atoms with Gasteiger partial charge >= 0.3 is 0 Å². The number of nitrogens with one attached hydrogen (secondary N) is 1. The van der Waals surface area contributed by atoms with E-state index in [1.54, 1.807) is 0 Å². The zero-order chi connectivity index (χ0) is 13.1. The summed E-state index contributed by atoms with van der Waals surface area (Å²) >= 11 is 0. The zero-order valence-electron chi connectivity index (χ0n) is 11.4. The Morgan fingerprint density at radius 1 is 1.21 bits per heavy atom. The molecule has 0 radical (unpaired) electrons. The molecular formula is C16H20N2O. The molecule has 19 heavy (non-hydrogen) atoms. The third-order valence-corrected chi connectivity index (χ3v) is 3.78. The fourth-order valence-electron chi connectivity index (χ4n) is 2.59. The molecule has 2 heterocycles. The summed E-state index contributed by atoms with van der Waals surface area (Å²) in [5, 5.41) is 4.76. The molecule has 2 aromatic rings. The van der Waals surface area contributed by atoms with Crippen LogP contribution >= 0.6 is 0 Å². The van der Waals surface area contributed by atoms with Gasteiger partial charge in [-0.2, -0.15) is 0 Å². The molecule has 0 atom stereocenters. The van der Waals surface area contributed by atoms with E-state index in [1.165, 1.54) is 5.39 Å². The van der Waals surface area contributed by atoms with Crippen molar-refractivity contribution < 1.29 is 4.74 Å². The second kappa shape index (κ2) is 5.57. The van der Waals surface area contributed by atoms with Gasteiger partial charge in [0.15, 0.2) is 0 Å². The van der Waals surface area contributed by atoms with Gasteiger partial charge in [-0.3, -0.25) is 4.98 Å². The second-order valence-electron chi connectivity index (χ2n) is 5.27. The van der Waals surface area contributed by atoms with Crippen LogP contribution in [0.5, 0.6) is 0 Å². The number of hydrogen-bond donors (Lipinski definition) is 1. The van der Waals surface area contributed by atoms with Crippen molar-refractivity contribution in [2.45, 2.75) is 19.8 Å². The number of aromatic nitrogens is 1. The van der Waals surface area contributed by atoms with Crippen LogP contribution in [0.15, 0.2) is 30.3 Å². The van der Waals surface area contributed by atoms with E-state index in [-0.39, 0.29) is 0 Å². The molecule has 0 aliphatic carbocycles. The molecule has 3 rings (SSSR count). The third kappa shape index (κ3) is 2.87. The van der Waals surface area contributed by atoms with E-state index in [2.05, 4.69) is 40.6 Å². The number of benzene rings is 1. The Kier molecular flexibility index (Phi) is 3.65. The number of ether oxygens (including phenoxy) is 1. The second-order valence-corrected chi connectivity index (χ2v) is 5.27. The Bertz CT molecular complexity index is 562. The lowest BCUT2D eigenvalue weighted by Gasteiger charge is -2.23. The van der Waals surface area contributed by atoms with E-state index in [0.29, 0.717) is 5.92 Å². The van der Waals surface area contributed by atoms with E-state index in [9.17, 15) is 0 Å². The molecule has 100 valence electrons. The maximum absolute atomic E-state index is 5.40. The number of para-hydroxylation sites is 1. The molecule has 0 amide bonds. The average molecular weight is 256 g/mol. The summed E-state index contributed by atoms with van der Waals surface area (Å²) in [7, 11) is 0. The highest BCUT2D eigenvalue weighted by molar-refractivity contribution is 5.90. The van der Waals surface area contributed by atoms with E-state index in [0.717, 1.165) is 49.5 Å². The molecule has 0 saturated carbocycles. The van der Waals surface area contributed by atoms with Crippen molar-refractivity contribution in [3.05, 3.63) is 36.0 Å². The maximum atomic E-state index is 5.40. The lowest BCUT2D eigenvalue weighted by Crippen LogP contribution is -2.22. The molecule has 1 aliphatic heterocycles. The molecular weight excluding hydrogens is 236 g/mol. The first-order valence-electron chi connectivity index (χ1n) is 7.01. The minimum atomic E-state index is 0.716. The van der Waals surface area contributed by atoms with Crippen molar-refractivity contribution in [3.63, 3.8) is 0 Å². The van der Waals surface area contributed by atoms with Gasteiger partial charge in [0.2, 0.25) is 0 Å². The summed E-state index contributed by atoms with van der Waals surface area (Å²) in [5.41, 5.74) is 3.29. The van der Waals surface area contributed by atoms with Crippen molar-refractivity contribution >= 4 is 16.6 Å². The molecule has 1 aromatic carbocycles. The van der Waals surface area contributed by atoms with Crippen LogP contribution in [-0.4, -0.2) is 24.7 Å².